The minimum atomic E-state index is -0.307. The third-order valence-corrected chi connectivity index (χ3v) is 6.30. The van der Waals surface area contributed by atoms with Crippen molar-refractivity contribution in [3.05, 3.63) is 84.1 Å². The molecule has 0 atom stereocenters. The van der Waals surface area contributed by atoms with Gasteiger partial charge in [-0.1, -0.05) is 42.1 Å². The zero-order valence-corrected chi connectivity index (χ0v) is 19.4. The molecule has 1 aliphatic heterocycles. The van der Waals surface area contributed by atoms with Gasteiger partial charge in [0.05, 0.1) is 6.10 Å². The van der Waals surface area contributed by atoms with E-state index in [1.165, 1.54) is 15.4 Å². The molecule has 5 nitrogen and oxygen atoms in total. The lowest BCUT2D eigenvalue weighted by Crippen LogP contribution is -2.46. The van der Waals surface area contributed by atoms with Crippen LogP contribution in [0.1, 0.15) is 29.8 Å². The molecular weight excluding hydrogens is 418 g/mol. The van der Waals surface area contributed by atoms with Crippen LogP contribution in [-0.2, 0) is 11.3 Å². The van der Waals surface area contributed by atoms with Crippen molar-refractivity contribution in [3.8, 4) is 0 Å². The lowest BCUT2D eigenvalue weighted by molar-refractivity contribution is 0.0378. The summed E-state index contributed by atoms with van der Waals surface area (Å²) in [7, 11) is 0. The number of piperazine rings is 1. The standard InChI is InChI=1S/C26H29N3O2S/c1-20(2)31-26(30)24-12-7-13-27-25(24)29-16-14-28(15-17-29)19-21-8-6-11-23(18-21)32-22-9-4-3-5-10-22/h3-13,18,20H,14-17,19H2,1-2H3. The zero-order chi connectivity index (χ0) is 22.3. The Morgan fingerprint density at radius 3 is 2.47 bits per heavy atom. The summed E-state index contributed by atoms with van der Waals surface area (Å²) in [6.07, 6.45) is 1.59. The van der Waals surface area contributed by atoms with Gasteiger partial charge in [0.1, 0.15) is 11.4 Å². The average Bonchev–Trinajstić information content (AvgIpc) is 2.80. The Morgan fingerprint density at radius 2 is 1.72 bits per heavy atom. The molecule has 0 bridgehead atoms. The third kappa shape index (κ3) is 5.90. The first-order valence-corrected chi connectivity index (χ1v) is 11.9. The Bertz CT molecular complexity index is 1030. The minimum absolute atomic E-state index is 0.150. The maximum absolute atomic E-state index is 12.5. The van der Waals surface area contributed by atoms with Gasteiger partial charge in [-0.05, 0) is 55.8 Å². The Labute approximate surface area is 194 Å². The topological polar surface area (TPSA) is 45.7 Å². The molecule has 1 aromatic heterocycles. The Balaban J connectivity index is 1.36. The summed E-state index contributed by atoms with van der Waals surface area (Å²) in [5, 5.41) is 0. The van der Waals surface area contributed by atoms with Crippen molar-refractivity contribution in [1.82, 2.24) is 9.88 Å². The van der Waals surface area contributed by atoms with E-state index in [9.17, 15) is 4.79 Å². The van der Waals surface area contributed by atoms with Crippen molar-refractivity contribution >= 4 is 23.5 Å². The number of carbonyl (C=O) groups excluding carboxylic acids is 1. The van der Waals surface area contributed by atoms with Gasteiger partial charge < -0.3 is 9.64 Å². The fourth-order valence-electron chi connectivity index (χ4n) is 3.79. The Kier molecular flexibility index (Phi) is 7.45. The van der Waals surface area contributed by atoms with Crippen LogP contribution < -0.4 is 4.90 Å². The van der Waals surface area contributed by atoms with Gasteiger partial charge in [-0.2, -0.15) is 0 Å². The van der Waals surface area contributed by atoms with Gasteiger partial charge in [0.25, 0.3) is 0 Å². The quantitative estimate of drug-likeness (QED) is 0.469. The number of nitrogens with zero attached hydrogens (tertiary/aromatic N) is 3. The third-order valence-electron chi connectivity index (χ3n) is 5.30. The van der Waals surface area contributed by atoms with E-state index >= 15 is 0 Å². The highest BCUT2D eigenvalue weighted by Gasteiger charge is 2.23. The molecule has 3 aromatic rings. The highest BCUT2D eigenvalue weighted by atomic mass is 32.2. The van der Waals surface area contributed by atoms with Crippen LogP contribution in [0.25, 0.3) is 0 Å². The van der Waals surface area contributed by atoms with E-state index in [1.807, 2.05) is 19.9 Å². The zero-order valence-electron chi connectivity index (χ0n) is 18.6. The fraction of sp³-hybridized carbons (Fsp3) is 0.308. The second-order valence-electron chi connectivity index (χ2n) is 8.15. The number of esters is 1. The van der Waals surface area contributed by atoms with Crippen LogP contribution >= 0.6 is 11.8 Å². The molecular formula is C26H29N3O2S. The van der Waals surface area contributed by atoms with Crippen LogP contribution in [0, 0.1) is 0 Å². The molecule has 0 spiro atoms. The molecule has 1 aliphatic rings. The molecule has 1 fully saturated rings. The van der Waals surface area contributed by atoms with Gasteiger partial charge in [-0.15, -0.1) is 0 Å². The molecule has 4 rings (SSSR count). The van der Waals surface area contributed by atoms with E-state index in [0.717, 1.165) is 38.5 Å². The monoisotopic (exact) mass is 447 g/mol. The first-order valence-electron chi connectivity index (χ1n) is 11.0. The molecule has 2 aromatic carbocycles. The number of anilines is 1. The molecule has 1 saturated heterocycles. The summed E-state index contributed by atoms with van der Waals surface area (Å²) in [6.45, 7) is 8.15. The van der Waals surface area contributed by atoms with Crippen LogP contribution in [0.4, 0.5) is 5.82 Å². The number of aromatic nitrogens is 1. The van der Waals surface area contributed by atoms with Crippen molar-refractivity contribution in [2.45, 2.75) is 36.3 Å². The van der Waals surface area contributed by atoms with E-state index < -0.39 is 0 Å². The van der Waals surface area contributed by atoms with Crippen molar-refractivity contribution in [1.29, 1.82) is 0 Å². The van der Waals surface area contributed by atoms with Gasteiger partial charge in [0, 0.05) is 48.7 Å². The summed E-state index contributed by atoms with van der Waals surface area (Å²) < 4.78 is 5.40. The molecule has 0 radical (unpaired) electrons. The molecule has 0 N–H and O–H groups in total. The highest BCUT2D eigenvalue weighted by Crippen LogP contribution is 2.28. The van der Waals surface area contributed by atoms with Gasteiger partial charge in [-0.3, -0.25) is 4.90 Å². The van der Waals surface area contributed by atoms with Crippen molar-refractivity contribution < 1.29 is 9.53 Å². The lowest BCUT2D eigenvalue weighted by atomic mass is 10.2. The SMILES string of the molecule is CC(C)OC(=O)c1cccnc1N1CCN(Cc2cccc(Sc3ccccc3)c2)CC1. The molecule has 0 unspecified atom stereocenters. The Hall–Kier alpha value is -2.83. The minimum Gasteiger partial charge on any atom is -0.459 e. The largest absolute Gasteiger partial charge is 0.459 e. The number of benzene rings is 2. The predicted octanol–water partition coefficient (Wildman–Crippen LogP) is 5.12. The van der Waals surface area contributed by atoms with Crippen LogP contribution in [-0.4, -0.2) is 48.1 Å². The molecule has 0 aliphatic carbocycles. The smallest absolute Gasteiger partial charge is 0.342 e. The van der Waals surface area contributed by atoms with E-state index in [-0.39, 0.29) is 12.1 Å². The number of hydrogen-bond acceptors (Lipinski definition) is 6. The summed E-state index contributed by atoms with van der Waals surface area (Å²) in [5.74, 6) is 0.414. The van der Waals surface area contributed by atoms with Crippen LogP contribution in [0.15, 0.2) is 82.7 Å². The summed E-state index contributed by atoms with van der Waals surface area (Å²) in [6, 6.07) is 22.8. The number of ether oxygens (including phenoxy) is 1. The number of carbonyl (C=O) groups is 1. The summed E-state index contributed by atoms with van der Waals surface area (Å²) in [4.78, 5) is 24.1. The van der Waals surface area contributed by atoms with E-state index in [0.29, 0.717) is 5.56 Å². The van der Waals surface area contributed by atoms with Gasteiger partial charge in [0.2, 0.25) is 0 Å². The molecule has 32 heavy (non-hydrogen) atoms. The number of rotatable bonds is 7. The molecule has 0 amide bonds. The van der Waals surface area contributed by atoms with Gasteiger partial charge >= 0.3 is 5.97 Å². The first-order chi connectivity index (χ1) is 15.6. The summed E-state index contributed by atoms with van der Waals surface area (Å²) in [5.41, 5.74) is 1.86. The molecule has 6 heteroatoms. The maximum Gasteiger partial charge on any atom is 0.342 e. The van der Waals surface area contributed by atoms with Gasteiger partial charge in [0.15, 0.2) is 0 Å². The summed E-state index contributed by atoms with van der Waals surface area (Å²) >= 11 is 1.79. The second-order valence-corrected chi connectivity index (χ2v) is 9.30. The maximum atomic E-state index is 12.5. The fourth-order valence-corrected chi connectivity index (χ4v) is 4.72. The highest BCUT2D eigenvalue weighted by molar-refractivity contribution is 7.99. The molecule has 166 valence electrons. The van der Waals surface area contributed by atoms with E-state index in [1.54, 1.807) is 30.1 Å². The first kappa shape index (κ1) is 22.4. The van der Waals surface area contributed by atoms with E-state index in [2.05, 4.69) is 63.3 Å². The second kappa shape index (κ2) is 10.7. The predicted molar refractivity (Wildman–Crippen MR) is 129 cm³/mol. The lowest BCUT2D eigenvalue weighted by Gasteiger charge is -2.36. The molecule has 2 heterocycles. The normalized spacial score (nSPS) is 14.5. The van der Waals surface area contributed by atoms with Crippen molar-refractivity contribution in [2.24, 2.45) is 0 Å². The van der Waals surface area contributed by atoms with Crippen molar-refractivity contribution in [2.75, 3.05) is 31.1 Å². The van der Waals surface area contributed by atoms with Crippen molar-refractivity contribution in [3.63, 3.8) is 0 Å². The average molecular weight is 448 g/mol. The van der Waals surface area contributed by atoms with Crippen LogP contribution in [0.2, 0.25) is 0 Å². The molecule has 0 saturated carbocycles. The number of pyridine rings is 1. The van der Waals surface area contributed by atoms with Gasteiger partial charge in [-0.25, -0.2) is 9.78 Å². The van der Waals surface area contributed by atoms with Crippen LogP contribution in [0.3, 0.4) is 0 Å². The van der Waals surface area contributed by atoms with Crippen LogP contribution in [0.5, 0.6) is 0 Å². The van der Waals surface area contributed by atoms with E-state index in [4.69, 9.17) is 4.74 Å². The number of hydrogen-bond donors (Lipinski definition) is 0. The Morgan fingerprint density at radius 1 is 0.969 bits per heavy atom.